The Hall–Kier alpha value is -1.67. The highest BCUT2D eigenvalue weighted by atomic mass is 127. The zero-order valence-corrected chi connectivity index (χ0v) is 17.9. The maximum absolute atomic E-state index is 12.2. The summed E-state index contributed by atoms with van der Waals surface area (Å²) in [5.74, 6) is 3.82. The van der Waals surface area contributed by atoms with Gasteiger partial charge in [-0.1, -0.05) is 6.07 Å². The second kappa shape index (κ2) is 8.35. The second-order valence-electron chi connectivity index (χ2n) is 6.20. The number of furan rings is 1. The summed E-state index contributed by atoms with van der Waals surface area (Å²) in [6.07, 6.45) is 1.68. The molecule has 0 saturated carbocycles. The minimum atomic E-state index is -0.123. The van der Waals surface area contributed by atoms with Gasteiger partial charge >= 0.3 is 0 Å². The summed E-state index contributed by atoms with van der Waals surface area (Å²) >= 11 is 3.78. The van der Waals surface area contributed by atoms with Crippen LogP contribution in [0.15, 0.2) is 45.8 Å². The van der Waals surface area contributed by atoms with Gasteiger partial charge in [-0.3, -0.25) is 4.79 Å². The van der Waals surface area contributed by atoms with Crippen molar-refractivity contribution in [2.24, 2.45) is 0 Å². The van der Waals surface area contributed by atoms with Crippen molar-refractivity contribution in [3.05, 3.63) is 78.7 Å². The van der Waals surface area contributed by atoms with Crippen LogP contribution in [0.4, 0.5) is 0 Å². The molecule has 1 aromatic carbocycles. The van der Waals surface area contributed by atoms with Crippen molar-refractivity contribution in [2.45, 2.75) is 32.3 Å². The summed E-state index contributed by atoms with van der Waals surface area (Å²) in [6, 6.07) is 9.92. The van der Waals surface area contributed by atoms with Crippen molar-refractivity contribution >= 4 is 34.4 Å². The number of hydrogen-bond acceptors (Lipinski definition) is 4. The largest absolute Gasteiger partial charge is 0.468 e. The number of ether oxygens (including phenoxy) is 1. The Bertz CT molecular complexity index is 944. The van der Waals surface area contributed by atoms with Crippen LogP contribution in [-0.2, 0) is 11.5 Å². The molecular formula is C20H20INO3S. The Balaban J connectivity index is 1.90. The first-order valence-electron chi connectivity index (χ1n) is 8.21. The predicted molar refractivity (Wildman–Crippen MR) is 114 cm³/mol. The number of thioether (sulfide) groups is 1. The van der Waals surface area contributed by atoms with E-state index in [9.17, 15) is 4.79 Å². The number of rotatable bonds is 6. The molecule has 0 bridgehead atoms. The first kappa shape index (κ1) is 19.1. The molecule has 0 spiro atoms. The average molecular weight is 481 g/mol. The normalized spacial score (nSPS) is 10.9. The van der Waals surface area contributed by atoms with Gasteiger partial charge in [0, 0.05) is 17.0 Å². The minimum absolute atomic E-state index is 0.123. The molecule has 0 amide bonds. The number of hydrogen-bond donors (Lipinski definition) is 1. The van der Waals surface area contributed by atoms with E-state index in [1.54, 1.807) is 18.0 Å². The zero-order valence-electron chi connectivity index (χ0n) is 14.9. The van der Waals surface area contributed by atoms with Crippen molar-refractivity contribution in [2.75, 3.05) is 0 Å². The van der Waals surface area contributed by atoms with Gasteiger partial charge in [-0.15, -0.1) is 11.8 Å². The molecule has 4 nitrogen and oxygen atoms in total. The van der Waals surface area contributed by atoms with Gasteiger partial charge in [0.2, 0.25) is 0 Å². The molecule has 2 heterocycles. The number of H-pyrrole nitrogens is 1. The predicted octanol–water partition coefficient (Wildman–Crippen LogP) is 5.72. The summed E-state index contributed by atoms with van der Waals surface area (Å²) in [4.78, 5) is 15.2. The van der Waals surface area contributed by atoms with Crippen LogP contribution in [0.3, 0.4) is 0 Å². The van der Waals surface area contributed by atoms with Crippen molar-refractivity contribution in [3.8, 4) is 11.5 Å². The van der Waals surface area contributed by atoms with E-state index in [1.807, 2.05) is 45.0 Å². The van der Waals surface area contributed by atoms with Gasteiger partial charge in [-0.2, -0.15) is 0 Å². The molecule has 0 radical (unpaired) electrons. The molecule has 3 aromatic rings. The highest BCUT2D eigenvalue weighted by Crippen LogP contribution is 2.34. The molecule has 0 aliphatic carbocycles. The van der Waals surface area contributed by atoms with E-state index in [2.05, 4.69) is 33.6 Å². The van der Waals surface area contributed by atoms with E-state index in [0.717, 1.165) is 45.4 Å². The van der Waals surface area contributed by atoms with E-state index in [-0.39, 0.29) is 5.56 Å². The molecule has 136 valence electrons. The molecule has 2 aromatic heterocycles. The number of aromatic amines is 1. The molecule has 0 fully saturated rings. The van der Waals surface area contributed by atoms with Crippen LogP contribution in [-0.4, -0.2) is 4.98 Å². The molecule has 0 unspecified atom stereocenters. The van der Waals surface area contributed by atoms with Crippen LogP contribution in [0.5, 0.6) is 11.5 Å². The van der Waals surface area contributed by atoms with E-state index in [0.29, 0.717) is 9.32 Å². The number of aryl methyl sites for hydroxylation is 3. The van der Waals surface area contributed by atoms with Crippen LogP contribution in [0.25, 0.3) is 0 Å². The highest BCUT2D eigenvalue weighted by Gasteiger charge is 2.17. The van der Waals surface area contributed by atoms with E-state index >= 15 is 0 Å². The van der Waals surface area contributed by atoms with E-state index < -0.39 is 0 Å². The summed E-state index contributed by atoms with van der Waals surface area (Å²) in [5, 5.41) is 0. The number of pyridine rings is 1. The summed E-state index contributed by atoms with van der Waals surface area (Å²) in [7, 11) is 0. The van der Waals surface area contributed by atoms with Gasteiger partial charge in [-0.25, -0.2) is 0 Å². The lowest BCUT2D eigenvalue weighted by Crippen LogP contribution is -2.15. The highest BCUT2D eigenvalue weighted by molar-refractivity contribution is 14.1. The Kier molecular flexibility index (Phi) is 6.13. The van der Waals surface area contributed by atoms with Crippen LogP contribution in [0.2, 0.25) is 0 Å². The quantitative estimate of drug-likeness (QED) is 0.458. The maximum atomic E-state index is 12.2. The monoisotopic (exact) mass is 481 g/mol. The smallest absolute Gasteiger partial charge is 0.265 e. The summed E-state index contributed by atoms with van der Waals surface area (Å²) in [5.41, 5.74) is 3.98. The average Bonchev–Trinajstić information content (AvgIpc) is 3.07. The second-order valence-corrected chi connectivity index (χ2v) is 8.26. The zero-order chi connectivity index (χ0) is 18.7. The van der Waals surface area contributed by atoms with Crippen molar-refractivity contribution in [1.82, 2.24) is 4.98 Å². The van der Waals surface area contributed by atoms with Crippen molar-refractivity contribution in [3.63, 3.8) is 0 Å². The third kappa shape index (κ3) is 4.54. The third-order valence-electron chi connectivity index (χ3n) is 3.91. The topological polar surface area (TPSA) is 55.2 Å². The number of halogens is 1. The fourth-order valence-electron chi connectivity index (χ4n) is 2.74. The number of aromatic nitrogens is 1. The SMILES string of the molecule is Cc1cc(C)cc(Oc2c(CSCc3ccco3)c(C)[nH]c(=O)c2I)c1. The minimum Gasteiger partial charge on any atom is -0.468 e. The van der Waals surface area contributed by atoms with Gasteiger partial charge in [0.1, 0.15) is 15.1 Å². The molecule has 0 aliphatic heterocycles. The maximum Gasteiger partial charge on any atom is 0.265 e. The van der Waals surface area contributed by atoms with Gasteiger partial charge in [0.15, 0.2) is 5.75 Å². The van der Waals surface area contributed by atoms with Crippen LogP contribution in [0, 0.1) is 24.3 Å². The lowest BCUT2D eigenvalue weighted by Gasteiger charge is -2.15. The first-order valence-corrected chi connectivity index (χ1v) is 10.4. The van der Waals surface area contributed by atoms with Crippen LogP contribution in [0.1, 0.15) is 28.1 Å². The van der Waals surface area contributed by atoms with E-state index in [4.69, 9.17) is 9.15 Å². The standard InChI is InChI=1S/C20H20INO3S/c1-12-7-13(2)9-16(8-12)25-19-17(14(3)22-20(23)18(19)21)11-26-10-15-5-4-6-24-15/h4-9H,10-11H2,1-3H3,(H,22,23). The van der Waals surface area contributed by atoms with Crippen molar-refractivity contribution in [1.29, 1.82) is 0 Å². The lowest BCUT2D eigenvalue weighted by atomic mass is 10.1. The van der Waals surface area contributed by atoms with Gasteiger partial charge in [0.05, 0.1) is 12.0 Å². The Morgan fingerprint density at radius 3 is 2.54 bits per heavy atom. The molecule has 3 rings (SSSR count). The van der Waals surface area contributed by atoms with Crippen molar-refractivity contribution < 1.29 is 9.15 Å². The molecule has 26 heavy (non-hydrogen) atoms. The van der Waals surface area contributed by atoms with Crippen LogP contribution >= 0.6 is 34.4 Å². The first-order chi connectivity index (χ1) is 12.4. The van der Waals surface area contributed by atoms with Gasteiger partial charge in [0.25, 0.3) is 5.56 Å². The lowest BCUT2D eigenvalue weighted by molar-refractivity contribution is 0.471. The fraction of sp³-hybridized carbons (Fsp3) is 0.250. The number of nitrogens with one attached hydrogen (secondary N) is 1. The Morgan fingerprint density at radius 2 is 1.88 bits per heavy atom. The van der Waals surface area contributed by atoms with E-state index in [1.165, 1.54) is 0 Å². The molecular weight excluding hydrogens is 461 g/mol. The van der Waals surface area contributed by atoms with Crippen LogP contribution < -0.4 is 10.3 Å². The third-order valence-corrected chi connectivity index (χ3v) is 5.87. The van der Waals surface area contributed by atoms with Gasteiger partial charge < -0.3 is 14.1 Å². The number of benzene rings is 1. The molecule has 0 atom stereocenters. The molecule has 1 N–H and O–H groups in total. The molecule has 0 saturated heterocycles. The molecule has 6 heteroatoms. The van der Waals surface area contributed by atoms with Gasteiger partial charge in [-0.05, 0) is 78.8 Å². The summed E-state index contributed by atoms with van der Waals surface area (Å²) in [6.45, 7) is 5.98. The summed E-state index contributed by atoms with van der Waals surface area (Å²) < 4.78 is 12.1. The fourth-order valence-corrected chi connectivity index (χ4v) is 4.33. The Morgan fingerprint density at radius 1 is 1.15 bits per heavy atom. The molecule has 0 aliphatic rings. The Labute approximate surface area is 170 Å².